The van der Waals surface area contributed by atoms with Crippen molar-refractivity contribution in [3.63, 3.8) is 0 Å². The van der Waals surface area contributed by atoms with Crippen LogP contribution in [0.1, 0.15) is 18.7 Å². The number of fused-ring (bicyclic) bond motifs is 1. The number of hydrogen-bond donors (Lipinski definition) is 2. The summed E-state index contributed by atoms with van der Waals surface area (Å²) in [5.41, 5.74) is 0.651. The number of nitrogens with zero attached hydrogens (tertiary/aromatic N) is 3. The number of carbonyl (C=O) groups is 1. The average molecular weight is 404 g/mol. The molecule has 0 aliphatic carbocycles. The molecule has 2 N–H and O–H groups in total. The third-order valence-corrected chi connectivity index (χ3v) is 5.80. The maximum atomic E-state index is 12.4. The molecule has 0 aromatic carbocycles. The summed E-state index contributed by atoms with van der Waals surface area (Å²) < 4.78 is 0.657. The van der Waals surface area contributed by atoms with Crippen molar-refractivity contribution in [1.29, 1.82) is 0 Å². The highest BCUT2D eigenvalue weighted by Gasteiger charge is 2.25. The minimum absolute atomic E-state index is 0.0179. The lowest BCUT2D eigenvalue weighted by Gasteiger charge is -2.30. The van der Waals surface area contributed by atoms with Gasteiger partial charge in [-0.05, 0) is 49.5 Å². The number of hydrogen-bond acceptors (Lipinski definition) is 6. The molecule has 0 spiro atoms. The SMILES string of the molecule is O=C(Nc1ccc(Cl)cn1)C1CCN(Cc2nc3ccsc3c(=O)[nH]2)CC1. The van der Waals surface area contributed by atoms with Crippen LogP contribution in [0.25, 0.3) is 10.2 Å². The van der Waals surface area contributed by atoms with Crippen LogP contribution in [0, 0.1) is 5.92 Å². The fourth-order valence-electron chi connectivity index (χ4n) is 3.24. The van der Waals surface area contributed by atoms with Crippen molar-refractivity contribution in [2.24, 2.45) is 5.92 Å². The Hall–Kier alpha value is -2.29. The van der Waals surface area contributed by atoms with Gasteiger partial charge in [0, 0.05) is 12.1 Å². The Bertz CT molecular complexity index is 1010. The van der Waals surface area contributed by atoms with E-state index in [4.69, 9.17) is 11.6 Å². The van der Waals surface area contributed by atoms with Crippen LogP contribution in [-0.2, 0) is 11.3 Å². The number of H-pyrrole nitrogens is 1. The Morgan fingerprint density at radius 1 is 1.33 bits per heavy atom. The summed E-state index contributed by atoms with van der Waals surface area (Å²) in [4.78, 5) is 38.2. The first-order valence-corrected chi connectivity index (χ1v) is 9.95. The van der Waals surface area contributed by atoms with Gasteiger partial charge in [0.25, 0.3) is 5.56 Å². The van der Waals surface area contributed by atoms with Gasteiger partial charge < -0.3 is 10.3 Å². The van der Waals surface area contributed by atoms with E-state index in [1.54, 1.807) is 12.1 Å². The summed E-state index contributed by atoms with van der Waals surface area (Å²) in [6.07, 6.45) is 3.02. The van der Waals surface area contributed by atoms with E-state index in [0.717, 1.165) is 31.4 Å². The summed E-state index contributed by atoms with van der Waals surface area (Å²) in [7, 11) is 0. The highest BCUT2D eigenvalue weighted by Crippen LogP contribution is 2.21. The van der Waals surface area contributed by atoms with Gasteiger partial charge in [0.05, 0.1) is 17.1 Å². The molecular formula is C18H18ClN5O2S. The first kappa shape index (κ1) is 18.1. The fourth-order valence-corrected chi connectivity index (χ4v) is 4.08. The molecule has 9 heteroatoms. The summed E-state index contributed by atoms with van der Waals surface area (Å²) in [5.74, 6) is 1.11. The standard InChI is InChI=1S/C18H18ClN5O2S/c19-12-1-2-14(20-9-12)22-17(25)11-3-6-24(7-4-11)10-15-21-13-5-8-27-16(13)18(26)23-15/h1-2,5,8-9,11H,3-4,6-7,10H2,(H,20,22,25)(H,21,23,26). The number of anilines is 1. The van der Waals surface area contributed by atoms with Gasteiger partial charge in [0.2, 0.25) is 5.91 Å². The lowest BCUT2D eigenvalue weighted by atomic mass is 9.96. The molecule has 0 saturated carbocycles. The van der Waals surface area contributed by atoms with Crippen LogP contribution >= 0.6 is 22.9 Å². The van der Waals surface area contributed by atoms with Crippen molar-refractivity contribution in [1.82, 2.24) is 19.9 Å². The molecule has 140 valence electrons. The second-order valence-electron chi connectivity index (χ2n) is 6.55. The van der Waals surface area contributed by atoms with Crippen LogP contribution < -0.4 is 10.9 Å². The number of nitrogens with one attached hydrogen (secondary N) is 2. The van der Waals surface area contributed by atoms with Gasteiger partial charge in [0.1, 0.15) is 16.3 Å². The van der Waals surface area contributed by atoms with E-state index in [1.807, 2.05) is 11.4 Å². The molecule has 7 nitrogen and oxygen atoms in total. The monoisotopic (exact) mass is 403 g/mol. The molecule has 1 aliphatic rings. The maximum absolute atomic E-state index is 12.4. The molecule has 0 unspecified atom stereocenters. The molecule has 0 bridgehead atoms. The first-order valence-electron chi connectivity index (χ1n) is 8.69. The number of thiophene rings is 1. The number of pyridine rings is 1. The van der Waals surface area contributed by atoms with Crippen molar-refractivity contribution >= 4 is 44.9 Å². The zero-order valence-electron chi connectivity index (χ0n) is 14.4. The van der Waals surface area contributed by atoms with Gasteiger partial charge >= 0.3 is 0 Å². The minimum atomic E-state index is -0.0882. The van der Waals surface area contributed by atoms with Crippen molar-refractivity contribution in [2.45, 2.75) is 19.4 Å². The molecule has 27 heavy (non-hydrogen) atoms. The van der Waals surface area contributed by atoms with Crippen LogP contribution in [0.15, 0.2) is 34.6 Å². The van der Waals surface area contributed by atoms with Crippen molar-refractivity contribution in [3.8, 4) is 0 Å². The van der Waals surface area contributed by atoms with Gasteiger partial charge in [-0.1, -0.05) is 11.6 Å². The fraction of sp³-hybridized carbons (Fsp3) is 0.333. The number of halogens is 1. The molecule has 3 aromatic rings. The van der Waals surface area contributed by atoms with E-state index in [0.29, 0.717) is 27.9 Å². The highest BCUT2D eigenvalue weighted by atomic mass is 35.5. The van der Waals surface area contributed by atoms with E-state index in [9.17, 15) is 9.59 Å². The predicted molar refractivity (Wildman–Crippen MR) is 106 cm³/mol. The third-order valence-electron chi connectivity index (χ3n) is 4.67. The van der Waals surface area contributed by atoms with Crippen LogP contribution in [0.5, 0.6) is 0 Å². The second-order valence-corrected chi connectivity index (χ2v) is 7.90. The summed E-state index contributed by atoms with van der Waals surface area (Å²) in [6, 6.07) is 5.25. The Morgan fingerprint density at radius 2 is 2.15 bits per heavy atom. The van der Waals surface area contributed by atoms with Crippen LogP contribution in [0.4, 0.5) is 5.82 Å². The molecule has 1 saturated heterocycles. The van der Waals surface area contributed by atoms with E-state index in [2.05, 4.69) is 25.2 Å². The van der Waals surface area contributed by atoms with Gasteiger partial charge in [-0.15, -0.1) is 11.3 Å². The zero-order valence-corrected chi connectivity index (χ0v) is 16.0. The van der Waals surface area contributed by atoms with Gasteiger partial charge in [-0.2, -0.15) is 0 Å². The first-order chi connectivity index (χ1) is 13.1. The van der Waals surface area contributed by atoms with Crippen molar-refractivity contribution in [2.75, 3.05) is 18.4 Å². The van der Waals surface area contributed by atoms with Crippen LogP contribution in [0.3, 0.4) is 0 Å². The smallest absolute Gasteiger partial charge is 0.268 e. The Morgan fingerprint density at radius 3 is 2.89 bits per heavy atom. The largest absolute Gasteiger partial charge is 0.310 e. The Kier molecular flexibility index (Phi) is 5.20. The quantitative estimate of drug-likeness (QED) is 0.699. The number of aromatic nitrogens is 3. The predicted octanol–water partition coefficient (Wildman–Crippen LogP) is 2.88. The summed E-state index contributed by atoms with van der Waals surface area (Å²) >= 11 is 7.20. The number of carbonyl (C=O) groups excluding carboxylic acids is 1. The second kappa shape index (κ2) is 7.75. The molecule has 3 aromatic heterocycles. The van der Waals surface area contributed by atoms with Gasteiger partial charge in [-0.3, -0.25) is 14.5 Å². The van der Waals surface area contributed by atoms with Crippen LogP contribution in [-0.4, -0.2) is 38.8 Å². The zero-order chi connectivity index (χ0) is 18.8. The molecule has 4 rings (SSSR count). The normalized spacial score (nSPS) is 15.9. The molecule has 1 fully saturated rings. The number of aromatic amines is 1. The van der Waals surface area contributed by atoms with E-state index < -0.39 is 0 Å². The van der Waals surface area contributed by atoms with Crippen molar-refractivity contribution < 1.29 is 4.79 Å². The van der Waals surface area contributed by atoms with Gasteiger partial charge in [0.15, 0.2) is 0 Å². The van der Waals surface area contributed by atoms with E-state index in [-0.39, 0.29) is 17.4 Å². The number of amides is 1. The Labute approximate surface area is 164 Å². The molecule has 0 atom stereocenters. The summed E-state index contributed by atoms with van der Waals surface area (Å²) in [6.45, 7) is 2.13. The highest BCUT2D eigenvalue weighted by molar-refractivity contribution is 7.17. The Balaban J connectivity index is 1.33. The lowest BCUT2D eigenvalue weighted by molar-refractivity contribution is -0.121. The number of likely N-dealkylation sites (tertiary alicyclic amines) is 1. The van der Waals surface area contributed by atoms with E-state index in [1.165, 1.54) is 17.5 Å². The average Bonchev–Trinajstić information content (AvgIpc) is 3.13. The maximum Gasteiger partial charge on any atom is 0.268 e. The van der Waals surface area contributed by atoms with Gasteiger partial charge in [-0.25, -0.2) is 9.97 Å². The van der Waals surface area contributed by atoms with E-state index >= 15 is 0 Å². The number of rotatable bonds is 4. The third kappa shape index (κ3) is 4.18. The molecule has 0 radical (unpaired) electrons. The minimum Gasteiger partial charge on any atom is -0.310 e. The molecule has 4 heterocycles. The molecular weight excluding hydrogens is 386 g/mol. The topological polar surface area (TPSA) is 91.0 Å². The van der Waals surface area contributed by atoms with Crippen molar-refractivity contribution in [3.05, 3.63) is 51.0 Å². The molecule has 1 aliphatic heterocycles. The van der Waals surface area contributed by atoms with Crippen LogP contribution in [0.2, 0.25) is 5.02 Å². The number of piperidine rings is 1. The lowest BCUT2D eigenvalue weighted by Crippen LogP contribution is -2.38. The molecule has 1 amide bonds. The summed E-state index contributed by atoms with van der Waals surface area (Å²) in [5, 5.41) is 5.25.